The maximum Gasteiger partial charge on any atom is 0.219 e. The van der Waals surface area contributed by atoms with E-state index >= 15 is 0 Å². The van der Waals surface area contributed by atoms with Crippen LogP contribution in [0.25, 0.3) is 0 Å². The molecule has 1 unspecified atom stereocenters. The molecule has 5 nitrogen and oxygen atoms in total. The standard InChI is InChI=1S/C35H60N2O3/c1-24(2)9-8-10-25(3)31-13-14-32-30-12-11-28-23-29(15-17-34(28,6)33(30)16-18-35(31,32)7)40-22-21-37(27(5)39)20-19-36-26(4)38/h11,24-25,29-33H,8-10,12-23H2,1-7H3,(H,36,38)/t25-,29?,30+,31-,32+,33+,34+,35-/m1/s1. The van der Waals surface area contributed by atoms with Crippen molar-refractivity contribution >= 4 is 11.8 Å². The molecule has 0 heterocycles. The van der Waals surface area contributed by atoms with Crippen molar-refractivity contribution in [1.82, 2.24) is 10.2 Å². The van der Waals surface area contributed by atoms with Crippen molar-refractivity contribution in [2.75, 3.05) is 26.2 Å². The molecule has 0 spiro atoms. The molecule has 0 aromatic heterocycles. The molecule has 3 fully saturated rings. The first-order chi connectivity index (χ1) is 19.0. The van der Waals surface area contributed by atoms with Crippen LogP contribution < -0.4 is 5.32 Å². The van der Waals surface area contributed by atoms with Crippen LogP contribution in [0.15, 0.2) is 11.6 Å². The van der Waals surface area contributed by atoms with Gasteiger partial charge >= 0.3 is 0 Å². The van der Waals surface area contributed by atoms with E-state index < -0.39 is 0 Å². The highest BCUT2D eigenvalue weighted by atomic mass is 16.5. The first kappa shape index (κ1) is 31.6. The highest BCUT2D eigenvalue weighted by Crippen LogP contribution is 2.67. The van der Waals surface area contributed by atoms with Gasteiger partial charge in [-0.25, -0.2) is 0 Å². The van der Waals surface area contributed by atoms with Crippen molar-refractivity contribution in [2.24, 2.45) is 46.3 Å². The summed E-state index contributed by atoms with van der Waals surface area (Å²) in [5.74, 6) is 5.20. The molecule has 4 rings (SSSR count). The molecule has 4 aliphatic carbocycles. The number of hydrogen-bond donors (Lipinski definition) is 1. The van der Waals surface area contributed by atoms with Gasteiger partial charge in [0.1, 0.15) is 0 Å². The zero-order valence-electron chi connectivity index (χ0n) is 26.9. The Balaban J connectivity index is 1.32. The van der Waals surface area contributed by atoms with Gasteiger partial charge in [-0.1, -0.05) is 65.5 Å². The zero-order chi connectivity index (χ0) is 29.1. The van der Waals surface area contributed by atoms with Crippen molar-refractivity contribution in [2.45, 2.75) is 125 Å². The number of fused-ring (bicyclic) bond motifs is 5. The number of ether oxygens (including phenoxy) is 1. The normalized spacial score (nSPS) is 35.8. The second-order valence-corrected chi connectivity index (χ2v) is 15.0. The predicted molar refractivity (Wildman–Crippen MR) is 164 cm³/mol. The number of rotatable bonds is 12. The summed E-state index contributed by atoms with van der Waals surface area (Å²) >= 11 is 0. The molecule has 0 radical (unpaired) electrons. The van der Waals surface area contributed by atoms with E-state index in [-0.39, 0.29) is 17.9 Å². The van der Waals surface area contributed by atoms with Crippen molar-refractivity contribution in [3.63, 3.8) is 0 Å². The number of amides is 2. The van der Waals surface area contributed by atoms with Gasteiger partial charge in [-0.15, -0.1) is 0 Å². The molecule has 2 amide bonds. The Morgan fingerprint density at radius 2 is 1.80 bits per heavy atom. The van der Waals surface area contributed by atoms with Crippen LogP contribution in [0.3, 0.4) is 0 Å². The Kier molecular flexibility index (Phi) is 10.5. The van der Waals surface area contributed by atoms with Gasteiger partial charge in [0.15, 0.2) is 0 Å². The lowest BCUT2D eigenvalue weighted by Gasteiger charge is -2.58. The van der Waals surface area contributed by atoms with Gasteiger partial charge in [-0.3, -0.25) is 9.59 Å². The summed E-state index contributed by atoms with van der Waals surface area (Å²) in [6, 6.07) is 0. The van der Waals surface area contributed by atoms with Gasteiger partial charge in [0.25, 0.3) is 0 Å². The summed E-state index contributed by atoms with van der Waals surface area (Å²) in [6.07, 6.45) is 17.6. The van der Waals surface area contributed by atoms with Crippen LogP contribution in [0.4, 0.5) is 0 Å². The first-order valence-corrected chi connectivity index (χ1v) is 16.8. The molecule has 3 saturated carbocycles. The van der Waals surface area contributed by atoms with Crippen LogP contribution in [0.5, 0.6) is 0 Å². The minimum Gasteiger partial charge on any atom is -0.376 e. The van der Waals surface area contributed by atoms with E-state index in [2.05, 4.69) is 46.0 Å². The first-order valence-electron chi connectivity index (χ1n) is 16.8. The van der Waals surface area contributed by atoms with Crippen LogP contribution in [-0.4, -0.2) is 49.1 Å². The molecule has 0 saturated heterocycles. The SMILES string of the molecule is CC(=O)NCCN(CCOC1CC[C@@]2(C)C(=CC[C@H]3[C@@H]4CC[C@H]([C@H](C)CCCC(C)C)[C@@]4(C)CC[C@@H]32)C1)C(C)=O. The number of nitrogens with one attached hydrogen (secondary N) is 1. The van der Waals surface area contributed by atoms with Crippen molar-refractivity contribution in [3.05, 3.63) is 11.6 Å². The van der Waals surface area contributed by atoms with Gasteiger partial charge < -0.3 is 15.0 Å². The van der Waals surface area contributed by atoms with Gasteiger partial charge in [0.05, 0.1) is 12.7 Å². The second kappa shape index (κ2) is 13.3. The Morgan fingerprint density at radius 3 is 2.50 bits per heavy atom. The Labute approximate surface area is 245 Å². The quantitative estimate of drug-likeness (QED) is 0.255. The highest BCUT2D eigenvalue weighted by Gasteiger charge is 2.59. The predicted octanol–water partition coefficient (Wildman–Crippen LogP) is 7.40. The van der Waals surface area contributed by atoms with E-state index in [4.69, 9.17) is 4.74 Å². The van der Waals surface area contributed by atoms with Crippen LogP contribution in [0.1, 0.15) is 119 Å². The van der Waals surface area contributed by atoms with Crippen LogP contribution in [0.2, 0.25) is 0 Å². The summed E-state index contributed by atoms with van der Waals surface area (Å²) in [6.45, 7) is 17.9. The minimum atomic E-state index is -0.0602. The summed E-state index contributed by atoms with van der Waals surface area (Å²) in [4.78, 5) is 25.0. The van der Waals surface area contributed by atoms with Crippen molar-refractivity contribution < 1.29 is 14.3 Å². The van der Waals surface area contributed by atoms with Crippen molar-refractivity contribution in [3.8, 4) is 0 Å². The average molecular weight is 557 g/mol. The molecule has 8 atom stereocenters. The second-order valence-electron chi connectivity index (χ2n) is 15.0. The molecule has 0 aromatic rings. The van der Waals surface area contributed by atoms with E-state index in [1.165, 1.54) is 64.7 Å². The summed E-state index contributed by atoms with van der Waals surface area (Å²) in [5, 5.41) is 2.78. The molecule has 4 aliphatic rings. The lowest BCUT2D eigenvalue weighted by atomic mass is 9.47. The number of carbonyl (C=O) groups is 2. The number of nitrogens with zero attached hydrogens (tertiary/aromatic N) is 1. The lowest BCUT2D eigenvalue weighted by molar-refractivity contribution is -0.130. The lowest BCUT2D eigenvalue weighted by Crippen LogP contribution is -2.51. The number of carbonyl (C=O) groups excluding carboxylic acids is 2. The third kappa shape index (κ3) is 6.81. The van der Waals surface area contributed by atoms with Crippen LogP contribution >= 0.6 is 0 Å². The van der Waals surface area contributed by atoms with E-state index in [1.807, 2.05) is 0 Å². The zero-order valence-corrected chi connectivity index (χ0v) is 26.9. The van der Waals surface area contributed by atoms with E-state index in [1.54, 1.807) is 17.4 Å². The van der Waals surface area contributed by atoms with Gasteiger partial charge in [-0.05, 0) is 97.7 Å². The smallest absolute Gasteiger partial charge is 0.219 e. The molecular formula is C35H60N2O3. The van der Waals surface area contributed by atoms with Crippen LogP contribution in [-0.2, 0) is 14.3 Å². The fourth-order valence-corrected chi connectivity index (χ4v) is 9.92. The van der Waals surface area contributed by atoms with Gasteiger partial charge in [0, 0.05) is 33.5 Å². The largest absolute Gasteiger partial charge is 0.376 e. The molecule has 228 valence electrons. The van der Waals surface area contributed by atoms with E-state index in [9.17, 15) is 9.59 Å². The van der Waals surface area contributed by atoms with Gasteiger partial charge in [-0.2, -0.15) is 0 Å². The van der Waals surface area contributed by atoms with Gasteiger partial charge in [0.2, 0.25) is 11.8 Å². The number of hydrogen-bond acceptors (Lipinski definition) is 3. The summed E-state index contributed by atoms with van der Waals surface area (Å²) < 4.78 is 6.37. The fraction of sp³-hybridized carbons (Fsp3) is 0.886. The molecule has 0 aliphatic heterocycles. The topological polar surface area (TPSA) is 58.6 Å². The third-order valence-electron chi connectivity index (χ3n) is 12.2. The Hall–Kier alpha value is -1.36. The maximum absolute atomic E-state index is 12.0. The molecule has 1 N–H and O–H groups in total. The number of allylic oxidation sites excluding steroid dienone is 1. The molecule has 40 heavy (non-hydrogen) atoms. The third-order valence-corrected chi connectivity index (χ3v) is 12.2. The van der Waals surface area contributed by atoms with Crippen molar-refractivity contribution in [1.29, 1.82) is 0 Å². The van der Waals surface area contributed by atoms with E-state index in [0.717, 1.165) is 48.3 Å². The van der Waals surface area contributed by atoms with Crippen LogP contribution in [0, 0.1) is 46.3 Å². The molecule has 0 aromatic carbocycles. The molecule has 5 heteroatoms. The Bertz CT molecular complexity index is 914. The maximum atomic E-state index is 12.0. The monoisotopic (exact) mass is 556 g/mol. The Morgan fingerprint density at radius 1 is 1.02 bits per heavy atom. The molecular weight excluding hydrogens is 496 g/mol. The highest BCUT2D eigenvalue weighted by molar-refractivity contribution is 5.74. The minimum absolute atomic E-state index is 0.0367. The fourth-order valence-electron chi connectivity index (χ4n) is 9.92. The average Bonchev–Trinajstić information content (AvgIpc) is 3.24. The summed E-state index contributed by atoms with van der Waals surface area (Å²) in [5.41, 5.74) is 2.55. The summed E-state index contributed by atoms with van der Waals surface area (Å²) in [7, 11) is 0. The molecule has 0 bridgehead atoms. The van der Waals surface area contributed by atoms with E-state index in [0.29, 0.717) is 37.1 Å².